The molecule has 0 bridgehead atoms. The molecule has 2 aromatic rings. The summed E-state index contributed by atoms with van der Waals surface area (Å²) in [5.74, 6) is 1.27. The molecule has 0 saturated carbocycles. The maximum atomic E-state index is 12.7. The maximum absolute atomic E-state index is 12.7. The topological polar surface area (TPSA) is 46.3 Å². The molecule has 1 heterocycles. The van der Waals surface area contributed by atoms with Crippen molar-refractivity contribution in [2.24, 2.45) is 11.7 Å². The molecule has 0 spiro atoms. The summed E-state index contributed by atoms with van der Waals surface area (Å²) in [6.45, 7) is 2.39. The van der Waals surface area contributed by atoms with E-state index in [-0.39, 0.29) is 11.2 Å². The Labute approximate surface area is 164 Å². The van der Waals surface area contributed by atoms with Crippen LogP contribution in [0.3, 0.4) is 0 Å². The normalized spacial score (nSPS) is 16.5. The first-order chi connectivity index (χ1) is 12.7. The Morgan fingerprint density at radius 1 is 1.08 bits per heavy atom. The smallest absolute Gasteiger partial charge is 0.232 e. The summed E-state index contributed by atoms with van der Waals surface area (Å²) in [5.41, 5.74) is 8.12. The van der Waals surface area contributed by atoms with Crippen molar-refractivity contribution < 1.29 is 4.79 Å². The minimum atomic E-state index is 0.124. The number of nitrogens with two attached hydrogens (primary N) is 1. The molecule has 1 fully saturated rings. The summed E-state index contributed by atoms with van der Waals surface area (Å²) >= 11 is 7.72. The number of thioether (sulfide) groups is 1. The van der Waals surface area contributed by atoms with Gasteiger partial charge in [0.05, 0.1) is 11.0 Å². The van der Waals surface area contributed by atoms with E-state index in [2.05, 4.69) is 12.1 Å². The monoisotopic (exact) mass is 388 g/mol. The highest BCUT2D eigenvalue weighted by Gasteiger charge is 2.23. The van der Waals surface area contributed by atoms with Gasteiger partial charge in [-0.2, -0.15) is 0 Å². The van der Waals surface area contributed by atoms with Crippen molar-refractivity contribution in [2.75, 3.05) is 25.4 Å². The van der Waals surface area contributed by atoms with Crippen LogP contribution in [-0.4, -0.2) is 36.2 Å². The predicted molar refractivity (Wildman–Crippen MR) is 111 cm³/mol. The van der Waals surface area contributed by atoms with E-state index in [0.717, 1.165) is 37.5 Å². The zero-order valence-electron chi connectivity index (χ0n) is 14.8. The van der Waals surface area contributed by atoms with Crippen molar-refractivity contribution in [3.8, 4) is 0 Å². The minimum absolute atomic E-state index is 0.124. The lowest BCUT2D eigenvalue weighted by molar-refractivity contribution is -0.129. The fourth-order valence-electron chi connectivity index (χ4n) is 3.31. The maximum Gasteiger partial charge on any atom is 0.232 e. The highest BCUT2D eigenvalue weighted by Crippen LogP contribution is 2.36. The van der Waals surface area contributed by atoms with E-state index in [9.17, 15) is 4.79 Å². The first-order valence-corrected chi connectivity index (χ1v) is 10.5. The van der Waals surface area contributed by atoms with Gasteiger partial charge in [-0.05, 0) is 48.6 Å². The van der Waals surface area contributed by atoms with Gasteiger partial charge >= 0.3 is 0 Å². The second-order valence-corrected chi connectivity index (χ2v) is 8.24. The van der Waals surface area contributed by atoms with Crippen LogP contribution in [0, 0.1) is 5.92 Å². The number of halogens is 1. The molecule has 138 valence electrons. The lowest BCUT2D eigenvalue weighted by Gasteiger charge is -2.31. The van der Waals surface area contributed by atoms with Gasteiger partial charge in [0.2, 0.25) is 5.91 Å². The molecule has 2 aromatic carbocycles. The highest BCUT2D eigenvalue weighted by molar-refractivity contribution is 8.00. The number of benzene rings is 2. The summed E-state index contributed by atoms with van der Waals surface area (Å²) in [5, 5.41) is 0.850. The minimum Gasteiger partial charge on any atom is -0.342 e. The number of amides is 1. The average Bonchev–Trinajstić information content (AvgIpc) is 2.70. The fourth-order valence-corrected chi connectivity index (χ4v) is 4.63. The average molecular weight is 389 g/mol. The molecule has 0 aromatic heterocycles. The van der Waals surface area contributed by atoms with E-state index >= 15 is 0 Å². The van der Waals surface area contributed by atoms with E-state index in [1.807, 2.05) is 47.4 Å². The molecule has 1 amide bonds. The third-order valence-corrected chi connectivity index (χ3v) is 6.49. The van der Waals surface area contributed by atoms with Gasteiger partial charge in [0.25, 0.3) is 0 Å². The number of piperidine rings is 1. The Hall–Kier alpha value is -1.49. The predicted octanol–water partition coefficient (Wildman–Crippen LogP) is 4.36. The van der Waals surface area contributed by atoms with Crippen LogP contribution >= 0.6 is 23.4 Å². The number of rotatable bonds is 6. The number of likely N-dealkylation sites (tertiary alicyclic amines) is 1. The van der Waals surface area contributed by atoms with Crippen molar-refractivity contribution in [3.05, 3.63) is 70.7 Å². The van der Waals surface area contributed by atoms with Gasteiger partial charge in [-0.15, -0.1) is 11.8 Å². The third kappa shape index (κ3) is 5.03. The molecule has 3 nitrogen and oxygen atoms in total. The van der Waals surface area contributed by atoms with Crippen molar-refractivity contribution >= 4 is 29.3 Å². The Balaban J connectivity index is 1.66. The molecule has 3 rings (SSSR count). The fraction of sp³-hybridized carbons (Fsp3) is 0.381. The van der Waals surface area contributed by atoms with Gasteiger partial charge in [-0.25, -0.2) is 0 Å². The summed E-state index contributed by atoms with van der Waals surface area (Å²) in [4.78, 5) is 14.7. The van der Waals surface area contributed by atoms with Crippen molar-refractivity contribution in [2.45, 2.75) is 18.1 Å². The van der Waals surface area contributed by atoms with Gasteiger partial charge in [0, 0.05) is 18.1 Å². The quantitative estimate of drug-likeness (QED) is 0.799. The van der Waals surface area contributed by atoms with Crippen LogP contribution in [-0.2, 0) is 4.79 Å². The van der Waals surface area contributed by atoms with Gasteiger partial charge in [0.15, 0.2) is 0 Å². The van der Waals surface area contributed by atoms with Crippen LogP contribution in [0.1, 0.15) is 29.2 Å². The molecule has 5 heteroatoms. The second kappa shape index (κ2) is 9.45. The molecule has 1 aliphatic heterocycles. The van der Waals surface area contributed by atoms with Gasteiger partial charge in [0.1, 0.15) is 0 Å². The molecule has 0 radical (unpaired) electrons. The Morgan fingerprint density at radius 2 is 1.69 bits per heavy atom. The van der Waals surface area contributed by atoms with Crippen LogP contribution in [0.15, 0.2) is 54.6 Å². The Morgan fingerprint density at radius 3 is 2.31 bits per heavy atom. The zero-order valence-corrected chi connectivity index (χ0v) is 16.4. The zero-order chi connectivity index (χ0) is 18.4. The Bertz CT molecular complexity index is 700. The van der Waals surface area contributed by atoms with Crippen LogP contribution in [0.25, 0.3) is 0 Å². The summed E-state index contributed by atoms with van der Waals surface area (Å²) in [6.07, 6.45) is 2.04. The molecule has 1 atom stereocenters. The molecule has 1 aliphatic rings. The van der Waals surface area contributed by atoms with E-state index in [1.54, 1.807) is 11.8 Å². The summed E-state index contributed by atoms with van der Waals surface area (Å²) in [7, 11) is 0. The summed E-state index contributed by atoms with van der Waals surface area (Å²) in [6, 6.07) is 18.2. The first kappa shape index (κ1) is 19.3. The standard InChI is InChI=1S/C21H25ClN2OS/c22-19-8-6-18(7-9-19)21(17-4-2-1-3-5-17)26-15-20(25)24-12-10-16(14-23)11-13-24/h1-9,16,21H,10-15,23H2. The molecule has 1 saturated heterocycles. The number of hydrogen-bond donors (Lipinski definition) is 1. The molecule has 1 unspecified atom stereocenters. The number of carbonyl (C=O) groups excluding carboxylic acids is 1. The highest BCUT2D eigenvalue weighted by atomic mass is 35.5. The number of nitrogens with zero attached hydrogens (tertiary/aromatic N) is 1. The van der Waals surface area contributed by atoms with E-state index in [1.165, 1.54) is 11.1 Å². The van der Waals surface area contributed by atoms with Gasteiger partial charge in [-0.1, -0.05) is 54.1 Å². The van der Waals surface area contributed by atoms with Crippen molar-refractivity contribution in [3.63, 3.8) is 0 Å². The van der Waals surface area contributed by atoms with Gasteiger partial charge < -0.3 is 10.6 Å². The number of hydrogen-bond acceptors (Lipinski definition) is 3. The lowest BCUT2D eigenvalue weighted by Crippen LogP contribution is -2.41. The van der Waals surface area contributed by atoms with Crippen molar-refractivity contribution in [1.82, 2.24) is 4.90 Å². The largest absolute Gasteiger partial charge is 0.342 e. The molecular weight excluding hydrogens is 364 g/mol. The molecular formula is C21H25ClN2OS. The summed E-state index contributed by atoms with van der Waals surface area (Å²) < 4.78 is 0. The molecule has 2 N–H and O–H groups in total. The molecule has 26 heavy (non-hydrogen) atoms. The second-order valence-electron chi connectivity index (χ2n) is 6.71. The molecule has 0 aliphatic carbocycles. The van der Waals surface area contributed by atoms with Crippen LogP contribution < -0.4 is 5.73 Å². The van der Waals surface area contributed by atoms with E-state index in [4.69, 9.17) is 17.3 Å². The first-order valence-electron chi connectivity index (χ1n) is 9.07. The van der Waals surface area contributed by atoms with E-state index < -0.39 is 0 Å². The van der Waals surface area contributed by atoms with Crippen LogP contribution in [0.4, 0.5) is 0 Å². The van der Waals surface area contributed by atoms with Crippen molar-refractivity contribution in [1.29, 1.82) is 0 Å². The third-order valence-electron chi connectivity index (χ3n) is 4.95. The number of carbonyl (C=O) groups is 1. The SMILES string of the molecule is NCC1CCN(C(=O)CSC(c2ccccc2)c2ccc(Cl)cc2)CC1. The lowest BCUT2D eigenvalue weighted by atomic mass is 9.97. The van der Waals surface area contributed by atoms with Crippen LogP contribution in [0.2, 0.25) is 5.02 Å². The van der Waals surface area contributed by atoms with Crippen LogP contribution in [0.5, 0.6) is 0 Å². The Kier molecular flexibility index (Phi) is 7.00. The van der Waals surface area contributed by atoms with E-state index in [0.29, 0.717) is 11.7 Å². The van der Waals surface area contributed by atoms with Gasteiger partial charge in [-0.3, -0.25) is 4.79 Å².